The van der Waals surface area contributed by atoms with Gasteiger partial charge < -0.3 is 20.1 Å². The Morgan fingerprint density at radius 2 is 1.95 bits per heavy atom. The number of β-amino-alcohol motifs (C(OH)–C–C–N with tert-alkyl or cyclic N) is 1. The van der Waals surface area contributed by atoms with Crippen molar-refractivity contribution in [3.05, 3.63) is 11.9 Å². The molecule has 2 N–H and O–H groups in total. The van der Waals surface area contributed by atoms with Crippen LogP contribution in [0.15, 0.2) is 6.20 Å². The van der Waals surface area contributed by atoms with Crippen LogP contribution in [0.5, 0.6) is 5.75 Å². The molecule has 1 aromatic heterocycles. The second kappa shape index (κ2) is 6.77. The number of hydrogen-bond donors (Lipinski definition) is 2. The van der Waals surface area contributed by atoms with E-state index in [1.165, 1.54) is 0 Å². The second-order valence-corrected chi connectivity index (χ2v) is 6.97. The van der Waals surface area contributed by atoms with Crippen molar-refractivity contribution in [1.82, 2.24) is 20.0 Å². The fraction of sp³-hybridized carbons (Fsp3) is 0.800. The summed E-state index contributed by atoms with van der Waals surface area (Å²) in [5.41, 5.74) is -0.406. The van der Waals surface area contributed by atoms with Crippen LogP contribution in [-0.2, 0) is 12.1 Å². The van der Waals surface area contributed by atoms with Crippen LogP contribution in [-0.4, -0.2) is 59.6 Å². The Bertz CT molecular complexity index is 447. The van der Waals surface area contributed by atoms with Crippen LogP contribution in [0.1, 0.15) is 33.4 Å². The van der Waals surface area contributed by atoms with E-state index in [4.69, 9.17) is 4.74 Å². The largest absolute Gasteiger partial charge is 0.493 e. The molecule has 0 spiro atoms. The van der Waals surface area contributed by atoms with E-state index in [0.717, 1.165) is 6.54 Å². The molecule has 0 radical (unpaired) electrons. The molecule has 1 atom stereocenters. The summed E-state index contributed by atoms with van der Waals surface area (Å²) < 4.78 is 7.19. The van der Waals surface area contributed by atoms with Gasteiger partial charge in [-0.3, -0.25) is 4.68 Å². The van der Waals surface area contributed by atoms with Crippen molar-refractivity contribution in [2.24, 2.45) is 0 Å². The molecule has 0 fully saturated rings. The molecular formula is C15H30N4O2. The summed E-state index contributed by atoms with van der Waals surface area (Å²) in [6.07, 6.45) is 1.66. The first kappa shape index (κ1) is 17.9. The van der Waals surface area contributed by atoms with Gasteiger partial charge in [0, 0.05) is 18.6 Å². The maximum absolute atomic E-state index is 10.9. The lowest BCUT2D eigenvalue weighted by atomic mass is 9.99. The highest BCUT2D eigenvalue weighted by molar-refractivity contribution is 5.30. The predicted octanol–water partition coefficient (Wildman–Crippen LogP) is 1.05. The van der Waals surface area contributed by atoms with Gasteiger partial charge in [0.25, 0.3) is 0 Å². The minimum atomic E-state index is -1.05. The number of nitrogens with zero attached hydrogens (tertiary/aromatic N) is 3. The molecule has 0 aromatic carbocycles. The molecule has 0 saturated carbocycles. The van der Waals surface area contributed by atoms with Crippen LogP contribution in [0.2, 0.25) is 0 Å². The fourth-order valence-electron chi connectivity index (χ4n) is 2.05. The average Bonchev–Trinajstić information content (AvgIpc) is 2.77. The van der Waals surface area contributed by atoms with E-state index in [2.05, 4.69) is 36.1 Å². The fourth-order valence-corrected chi connectivity index (χ4v) is 2.05. The minimum absolute atomic E-state index is 0.0638. The van der Waals surface area contributed by atoms with E-state index >= 15 is 0 Å². The molecule has 1 rings (SSSR count). The molecule has 0 aliphatic heterocycles. The third-order valence-electron chi connectivity index (χ3n) is 3.26. The van der Waals surface area contributed by atoms with Crippen LogP contribution in [0, 0.1) is 0 Å². The van der Waals surface area contributed by atoms with Crippen LogP contribution in [0.4, 0.5) is 0 Å². The topological polar surface area (TPSA) is 62.5 Å². The maximum atomic E-state index is 10.9. The molecule has 21 heavy (non-hydrogen) atoms. The molecule has 1 heterocycles. The normalized spacial score (nSPS) is 15.3. The zero-order valence-electron chi connectivity index (χ0n) is 14.4. The Hall–Kier alpha value is -1.11. The number of likely N-dealkylation sites (N-methyl/N-ethyl adjacent to an activating group) is 1. The lowest BCUT2D eigenvalue weighted by Crippen LogP contribution is -2.45. The molecule has 6 nitrogen and oxygen atoms in total. The lowest BCUT2D eigenvalue weighted by molar-refractivity contribution is 0.0382. The Morgan fingerprint density at radius 3 is 2.43 bits per heavy atom. The average molecular weight is 298 g/mol. The highest BCUT2D eigenvalue weighted by Crippen LogP contribution is 2.29. The number of methoxy groups -OCH3 is 1. The smallest absolute Gasteiger partial charge is 0.162 e. The Balaban J connectivity index is 2.98. The molecule has 6 heteroatoms. The molecule has 0 saturated heterocycles. The summed E-state index contributed by atoms with van der Waals surface area (Å²) in [5.74, 6) is 0.620. The quantitative estimate of drug-likeness (QED) is 0.788. The molecular weight excluding hydrogens is 268 g/mol. The number of nitrogens with one attached hydrogen (secondary N) is 1. The minimum Gasteiger partial charge on any atom is -0.493 e. The van der Waals surface area contributed by atoms with Gasteiger partial charge in [-0.2, -0.15) is 5.10 Å². The van der Waals surface area contributed by atoms with Crippen LogP contribution in [0.3, 0.4) is 0 Å². The molecule has 1 aromatic rings. The summed E-state index contributed by atoms with van der Waals surface area (Å²) in [7, 11) is 5.63. The second-order valence-electron chi connectivity index (χ2n) is 6.97. The predicted molar refractivity (Wildman–Crippen MR) is 84.7 cm³/mol. The monoisotopic (exact) mass is 298 g/mol. The van der Waals surface area contributed by atoms with Gasteiger partial charge in [-0.15, -0.1) is 0 Å². The Labute approximate surface area is 128 Å². The first-order chi connectivity index (χ1) is 9.57. The van der Waals surface area contributed by atoms with E-state index in [-0.39, 0.29) is 5.54 Å². The summed E-state index contributed by atoms with van der Waals surface area (Å²) in [6.45, 7) is 9.99. The van der Waals surface area contributed by atoms with Gasteiger partial charge in [-0.1, -0.05) is 0 Å². The van der Waals surface area contributed by atoms with Crippen molar-refractivity contribution in [3.63, 3.8) is 0 Å². The molecule has 0 aliphatic carbocycles. The molecule has 122 valence electrons. The van der Waals surface area contributed by atoms with Crippen LogP contribution in [0.25, 0.3) is 0 Å². The lowest BCUT2D eigenvalue weighted by Gasteiger charge is -2.30. The first-order valence-electron chi connectivity index (χ1n) is 7.29. The number of aliphatic hydroxyl groups is 1. The van der Waals surface area contributed by atoms with Gasteiger partial charge in [-0.25, -0.2) is 0 Å². The van der Waals surface area contributed by atoms with Gasteiger partial charge >= 0.3 is 0 Å². The van der Waals surface area contributed by atoms with Crippen molar-refractivity contribution < 1.29 is 9.84 Å². The summed E-state index contributed by atoms with van der Waals surface area (Å²) in [5, 5.41) is 18.6. The highest BCUT2D eigenvalue weighted by Gasteiger charge is 2.32. The van der Waals surface area contributed by atoms with Crippen molar-refractivity contribution >= 4 is 0 Å². The van der Waals surface area contributed by atoms with E-state index in [1.807, 2.05) is 18.8 Å². The maximum Gasteiger partial charge on any atom is 0.162 e. The third-order valence-corrected chi connectivity index (χ3v) is 3.26. The highest BCUT2D eigenvalue weighted by atomic mass is 16.5. The first-order valence-corrected chi connectivity index (χ1v) is 7.29. The molecule has 1 unspecified atom stereocenters. The van der Waals surface area contributed by atoms with Gasteiger partial charge in [0.05, 0.1) is 19.9 Å². The van der Waals surface area contributed by atoms with Gasteiger partial charge in [-0.05, 0) is 41.8 Å². The van der Waals surface area contributed by atoms with E-state index in [0.29, 0.717) is 24.5 Å². The molecule has 0 aliphatic rings. The number of rotatable bonds is 7. The van der Waals surface area contributed by atoms with Crippen molar-refractivity contribution in [2.75, 3.05) is 34.3 Å². The van der Waals surface area contributed by atoms with Crippen LogP contribution < -0.4 is 10.1 Å². The standard InChI is InChI=1S/C15H30N4O2/c1-14(2,3)16-11-15(4,20)13-12(21-7)10-17-19(13)9-8-18(5)6/h10,16,20H,8-9,11H2,1-7H3. The van der Waals surface area contributed by atoms with E-state index in [9.17, 15) is 5.11 Å². The van der Waals surface area contributed by atoms with Gasteiger partial charge in [0.2, 0.25) is 0 Å². The Morgan fingerprint density at radius 1 is 1.33 bits per heavy atom. The van der Waals surface area contributed by atoms with Crippen molar-refractivity contribution in [3.8, 4) is 5.75 Å². The van der Waals surface area contributed by atoms with Gasteiger partial charge in [0.1, 0.15) is 11.3 Å². The SMILES string of the molecule is COc1cnn(CCN(C)C)c1C(C)(O)CNC(C)(C)C. The zero-order chi connectivity index (χ0) is 16.3. The van der Waals surface area contributed by atoms with Crippen molar-refractivity contribution in [1.29, 1.82) is 0 Å². The van der Waals surface area contributed by atoms with Gasteiger partial charge in [0.15, 0.2) is 5.75 Å². The summed E-state index contributed by atoms with van der Waals surface area (Å²) in [6, 6.07) is 0. The molecule has 0 amide bonds. The van der Waals surface area contributed by atoms with Crippen LogP contribution >= 0.6 is 0 Å². The number of hydrogen-bond acceptors (Lipinski definition) is 5. The zero-order valence-corrected chi connectivity index (χ0v) is 14.4. The number of aromatic nitrogens is 2. The summed E-state index contributed by atoms with van der Waals surface area (Å²) >= 11 is 0. The van der Waals surface area contributed by atoms with E-state index < -0.39 is 5.60 Å². The summed E-state index contributed by atoms with van der Waals surface area (Å²) in [4.78, 5) is 2.08. The Kier molecular flexibility index (Phi) is 5.78. The third kappa shape index (κ3) is 5.30. The van der Waals surface area contributed by atoms with Crippen molar-refractivity contribution in [2.45, 2.75) is 45.4 Å². The molecule has 0 bridgehead atoms. The number of ether oxygens (including phenoxy) is 1. The van der Waals surface area contributed by atoms with E-state index in [1.54, 1.807) is 20.2 Å².